The highest BCUT2D eigenvalue weighted by molar-refractivity contribution is 5.73. The van der Waals surface area contributed by atoms with Crippen LogP contribution in [0.2, 0.25) is 0 Å². The van der Waals surface area contributed by atoms with E-state index in [0.29, 0.717) is 11.3 Å². The van der Waals surface area contributed by atoms with Crippen LogP contribution in [0, 0.1) is 0 Å². The number of ether oxygens (including phenoxy) is 1. The highest BCUT2D eigenvalue weighted by Gasteiger charge is 2.32. The van der Waals surface area contributed by atoms with Crippen molar-refractivity contribution in [3.8, 4) is 22.6 Å². The Bertz CT molecular complexity index is 597. The normalized spacial score (nSPS) is 11.3. The number of nitrogens with two attached hydrogens (primary N) is 1. The monoisotopic (exact) mass is 269 g/mol. The lowest BCUT2D eigenvalue weighted by Gasteiger charge is -2.14. The van der Waals surface area contributed by atoms with Crippen molar-refractivity contribution in [2.45, 2.75) is 6.36 Å². The Morgan fingerprint density at radius 1 is 1.05 bits per heavy atom. The van der Waals surface area contributed by atoms with Crippen LogP contribution in [-0.4, -0.2) is 11.5 Å². The molecule has 0 atom stereocenters. The lowest BCUT2D eigenvalue weighted by molar-refractivity contribution is -0.274. The van der Waals surface area contributed by atoms with Crippen molar-refractivity contribution in [1.29, 1.82) is 0 Å². The summed E-state index contributed by atoms with van der Waals surface area (Å²) in [5.74, 6) is -0.787. The van der Waals surface area contributed by atoms with E-state index in [-0.39, 0.29) is 11.3 Å². The second-order valence-electron chi connectivity index (χ2n) is 3.85. The van der Waals surface area contributed by atoms with Gasteiger partial charge in [0.05, 0.1) is 0 Å². The number of halogens is 3. The average Bonchev–Trinajstić information content (AvgIpc) is 2.26. The molecule has 0 amide bonds. The quantitative estimate of drug-likeness (QED) is 0.820. The first-order valence-corrected chi connectivity index (χ1v) is 5.30. The van der Waals surface area contributed by atoms with Crippen LogP contribution in [0.15, 0.2) is 42.5 Å². The minimum absolute atomic E-state index is 0.197. The van der Waals surface area contributed by atoms with Crippen molar-refractivity contribution >= 4 is 5.69 Å². The van der Waals surface area contributed by atoms with Crippen LogP contribution in [0.5, 0.6) is 11.5 Å². The fourth-order valence-electron chi connectivity index (χ4n) is 1.66. The summed E-state index contributed by atoms with van der Waals surface area (Å²) in [6, 6.07) is 9.89. The van der Waals surface area contributed by atoms with Crippen molar-refractivity contribution in [3.63, 3.8) is 0 Å². The summed E-state index contributed by atoms with van der Waals surface area (Å²) >= 11 is 0. The van der Waals surface area contributed by atoms with E-state index in [2.05, 4.69) is 4.74 Å². The molecule has 3 nitrogen and oxygen atoms in total. The zero-order valence-electron chi connectivity index (χ0n) is 9.61. The van der Waals surface area contributed by atoms with E-state index in [9.17, 15) is 18.3 Å². The molecular formula is C13H10F3NO2. The first-order valence-electron chi connectivity index (χ1n) is 5.30. The smallest absolute Gasteiger partial charge is 0.508 e. The number of phenols is 1. The first-order chi connectivity index (χ1) is 8.85. The second kappa shape index (κ2) is 4.72. The summed E-state index contributed by atoms with van der Waals surface area (Å²) in [5, 5.41) is 9.26. The van der Waals surface area contributed by atoms with Gasteiger partial charge in [-0.25, -0.2) is 0 Å². The Balaban J connectivity index is 2.51. The minimum Gasteiger partial charge on any atom is -0.508 e. The molecule has 100 valence electrons. The maximum Gasteiger partial charge on any atom is 0.573 e. The lowest BCUT2D eigenvalue weighted by Crippen LogP contribution is -2.17. The van der Waals surface area contributed by atoms with Crippen LogP contribution < -0.4 is 10.5 Å². The molecule has 19 heavy (non-hydrogen) atoms. The summed E-state index contributed by atoms with van der Waals surface area (Å²) in [6.07, 6.45) is -4.83. The van der Waals surface area contributed by atoms with Gasteiger partial charge in [0.1, 0.15) is 11.5 Å². The molecule has 2 rings (SSSR count). The second-order valence-corrected chi connectivity index (χ2v) is 3.85. The highest BCUT2D eigenvalue weighted by Crippen LogP contribution is 2.36. The van der Waals surface area contributed by atoms with Gasteiger partial charge in [-0.2, -0.15) is 0 Å². The van der Waals surface area contributed by atoms with Gasteiger partial charge in [-0.15, -0.1) is 13.2 Å². The van der Waals surface area contributed by atoms with E-state index in [4.69, 9.17) is 5.73 Å². The van der Waals surface area contributed by atoms with Crippen LogP contribution in [-0.2, 0) is 0 Å². The lowest BCUT2D eigenvalue weighted by atomic mass is 10.0. The third kappa shape index (κ3) is 3.31. The van der Waals surface area contributed by atoms with Crippen molar-refractivity contribution in [2.75, 3.05) is 5.73 Å². The molecule has 0 aliphatic rings. The molecule has 0 fully saturated rings. The molecule has 0 unspecified atom stereocenters. The van der Waals surface area contributed by atoms with Crippen molar-refractivity contribution < 1.29 is 23.0 Å². The molecule has 3 N–H and O–H groups in total. The van der Waals surface area contributed by atoms with Crippen LogP contribution in [0.4, 0.5) is 18.9 Å². The molecule has 2 aromatic rings. The number of phenolic OH excluding ortho intramolecular Hbond substituents is 1. The molecule has 0 aromatic heterocycles. The van der Waals surface area contributed by atoms with E-state index >= 15 is 0 Å². The number of hydrogen-bond acceptors (Lipinski definition) is 3. The molecule has 0 bridgehead atoms. The maximum absolute atomic E-state index is 12.3. The molecule has 0 aliphatic carbocycles. The summed E-state index contributed by atoms with van der Waals surface area (Å²) in [5.41, 5.74) is 6.68. The summed E-state index contributed by atoms with van der Waals surface area (Å²) < 4.78 is 40.9. The van der Waals surface area contributed by atoms with E-state index in [0.717, 1.165) is 6.07 Å². The average molecular weight is 269 g/mol. The molecule has 0 aliphatic heterocycles. The third-order valence-electron chi connectivity index (χ3n) is 2.39. The molecule has 2 aromatic carbocycles. The van der Waals surface area contributed by atoms with Gasteiger partial charge in [-0.1, -0.05) is 12.1 Å². The summed E-state index contributed by atoms with van der Waals surface area (Å²) in [4.78, 5) is 0. The SMILES string of the molecule is Nc1cccc(-c2ccc(O)cc2OC(F)(F)F)c1. The Hall–Kier alpha value is -2.37. The van der Waals surface area contributed by atoms with Crippen LogP contribution in [0.1, 0.15) is 0 Å². The number of anilines is 1. The van der Waals surface area contributed by atoms with Gasteiger partial charge in [0.2, 0.25) is 0 Å². The number of alkyl halides is 3. The predicted molar refractivity (Wildman–Crippen MR) is 64.6 cm³/mol. The summed E-state index contributed by atoms with van der Waals surface area (Å²) in [6.45, 7) is 0. The number of nitrogen functional groups attached to an aromatic ring is 1. The zero-order chi connectivity index (χ0) is 14.0. The standard InChI is InChI=1S/C13H10F3NO2/c14-13(15,16)19-12-7-10(18)4-5-11(12)8-2-1-3-9(17)6-8/h1-7,18H,17H2. The highest BCUT2D eigenvalue weighted by atomic mass is 19.4. The van der Waals surface area contributed by atoms with E-state index < -0.39 is 12.1 Å². The minimum atomic E-state index is -4.83. The topological polar surface area (TPSA) is 55.5 Å². The molecule has 0 heterocycles. The Kier molecular flexibility index (Phi) is 3.25. The van der Waals surface area contributed by atoms with Gasteiger partial charge in [-0.3, -0.25) is 0 Å². The molecule has 0 saturated heterocycles. The molecule has 0 spiro atoms. The molecule has 0 radical (unpaired) electrons. The van der Waals surface area contributed by atoms with E-state index in [1.807, 2.05) is 0 Å². The fraction of sp³-hybridized carbons (Fsp3) is 0.0769. The van der Waals surface area contributed by atoms with Gasteiger partial charge >= 0.3 is 6.36 Å². The Morgan fingerprint density at radius 2 is 1.79 bits per heavy atom. The van der Waals surface area contributed by atoms with E-state index in [1.54, 1.807) is 18.2 Å². The predicted octanol–water partition coefficient (Wildman–Crippen LogP) is 3.54. The van der Waals surface area contributed by atoms with Gasteiger partial charge in [0.15, 0.2) is 0 Å². The third-order valence-corrected chi connectivity index (χ3v) is 2.39. The van der Waals surface area contributed by atoms with Gasteiger partial charge < -0.3 is 15.6 Å². The summed E-state index contributed by atoms with van der Waals surface area (Å²) in [7, 11) is 0. The van der Waals surface area contributed by atoms with Gasteiger partial charge in [0, 0.05) is 17.3 Å². The van der Waals surface area contributed by atoms with Crippen molar-refractivity contribution in [2.24, 2.45) is 0 Å². The number of aromatic hydroxyl groups is 1. The van der Waals surface area contributed by atoms with Crippen molar-refractivity contribution in [3.05, 3.63) is 42.5 Å². The maximum atomic E-state index is 12.3. The first kappa shape index (κ1) is 13.1. The number of benzene rings is 2. The molecule has 6 heteroatoms. The molecule has 0 saturated carbocycles. The fourth-order valence-corrected chi connectivity index (χ4v) is 1.66. The molecular weight excluding hydrogens is 259 g/mol. The van der Waals surface area contributed by atoms with Gasteiger partial charge in [-0.05, 0) is 29.8 Å². The Labute approximate surface area is 107 Å². The number of rotatable bonds is 2. The zero-order valence-corrected chi connectivity index (χ0v) is 9.61. The number of hydrogen-bond donors (Lipinski definition) is 2. The van der Waals surface area contributed by atoms with Crippen molar-refractivity contribution in [1.82, 2.24) is 0 Å². The van der Waals surface area contributed by atoms with Crippen LogP contribution in [0.25, 0.3) is 11.1 Å². The van der Waals surface area contributed by atoms with E-state index in [1.165, 1.54) is 18.2 Å². The van der Waals surface area contributed by atoms with Gasteiger partial charge in [0.25, 0.3) is 0 Å². The Morgan fingerprint density at radius 3 is 2.42 bits per heavy atom. The van der Waals surface area contributed by atoms with Crippen LogP contribution in [0.3, 0.4) is 0 Å². The van der Waals surface area contributed by atoms with Crippen LogP contribution >= 0.6 is 0 Å². The largest absolute Gasteiger partial charge is 0.573 e.